The zero-order chi connectivity index (χ0) is 15.0. The number of benzene rings is 1. The molecule has 0 radical (unpaired) electrons. The van der Waals surface area contributed by atoms with E-state index in [0.717, 1.165) is 6.04 Å². The molecule has 0 aromatic heterocycles. The van der Waals surface area contributed by atoms with Crippen LogP contribution in [0.2, 0.25) is 0 Å². The van der Waals surface area contributed by atoms with Gasteiger partial charge in [-0.25, -0.2) is 4.39 Å². The highest BCUT2D eigenvalue weighted by molar-refractivity contribution is 5.75. The second-order valence-corrected chi connectivity index (χ2v) is 4.95. The molecule has 0 bridgehead atoms. The summed E-state index contributed by atoms with van der Waals surface area (Å²) in [6.45, 7) is 2.39. The number of nitrogens with one attached hydrogen (secondary N) is 1. The fourth-order valence-corrected chi connectivity index (χ4v) is 2.06. The van der Waals surface area contributed by atoms with Gasteiger partial charge < -0.3 is 15.0 Å². The number of nitrogens with zero attached hydrogens (tertiary/aromatic N) is 1. The molecule has 0 saturated carbocycles. The Balaban J connectivity index is 0.000000204. The normalized spacial score (nSPS) is 15.4. The van der Waals surface area contributed by atoms with Crippen molar-refractivity contribution in [2.75, 3.05) is 34.3 Å². The standard InChI is InChI=1S/C8H7FO2.C7H16N2/c1-11-7-2-3-8(9)6(4-7)5-10;1-9(2)7-3-5-8-6-4-7/h2-5H,1H3;7-8H,3-6H2,1-2H3. The van der Waals surface area contributed by atoms with E-state index in [9.17, 15) is 9.18 Å². The summed E-state index contributed by atoms with van der Waals surface area (Å²) in [5, 5.41) is 3.34. The van der Waals surface area contributed by atoms with Gasteiger partial charge in [0.1, 0.15) is 11.6 Å². The predicted octanol–water partition coefficient (Wildman–Crippen LogP) is 1.95. The number of aldehydes is 1. The van der Waals surface area contributed by atoms with Crippen LogP contribution in [0.4, 0.5) is 4.39 Å². The Hall–Kier alpha value is -1.46. The lowest BCUT2D eigenvalue weighted by molar-refractivity contribution is 0.111. The summed E-state index contributed by atoms with van der Waals surface area (Å²) in [5.74, 6) is -0.0469. The minimum atomic E-state index is -0.527. The van der Waals surface area contributed by atoms with Crippen LogP contribution in [0.1, 0.15) is 23.2 Å². The highest BCUT2D eigenvalue weighted by Gasteiger charge is 2.13. The van der Waals surface area contributed by atoms with E-state index in [-0.39, 0.29) is 5.56 Å². The van der Waals surface area contributed by atoms with Crippen LogP contribution in [0.25, 0.3) is 0 Å². The second kappa shape index (κ2) is 8.66. The van der Waals surface area contributed by atoms with Gasteiger partial charge in [-0.1, -0.05) is 0 Å². The van der Waals surface area contributed by atoms with E-state index in [4.69, 9.17) is 4.74 Å². The molecule has 4 nitrogen and oxygen atoms in total. The Kier molecular flexibility index (Phi) is 7.18. The third-order valence-electron chi connectivity index (χ3n) is 3.37. The van der Waals surface area contributed by atoms with Crippen LogP contribution in [0, 0.1) is 5.82 Å². The molecular formula is C15H23FN2O2. The number of piperidine rings is 1. The molecule has 112 valence electrons. The van der Waals surface area contributed by atoms with Gasteiger partial charge in [0.2, 0.25) is 0 Å². The molecule has 0 spiro atoms. The van der Waals surface area contributed by atoms with Crippen LogP contribution in [-0.2, 0) is 0 Å². The SMILES string of the molecule is CN(C)C1CCNCC1.COc1ccc(F)c(C=O)c1. The first-order valence-electron chi connectivity index (χ1n) is 6.74. The third kappa shape index (κ3) is 5.27. The molecule has 0 atom stereocenters. The van der Waals surface area contributed by atoms with Gasteiger partial charge in [-0.2, -0.15) is 0 Å². The Morgan fingerprint density at radius 1 is 1.35 bits per heavy atom. The molecule has 0 unspecified atom stereocenters. The smallest absolute Gasteiger partial charge is 0.153 e. The highest BCUT2D eigenvalue weighted by Crippen LogP contribution is 2.14. The van der Waals surface area contributed by atoms with Crippen molar-refractivity contribution in [2.45, 2.75) is 18.9 Å². The molecule has 0 aliphatic carbocycles. The zero-order valence-corrected chi connectivity index (χ0v) is 12.4. The van der Waals surface area contributed by atoms with Crippen molar-refractivity contribution in [3.05, 3.63) is 29.6 Å². The fourth-order valence-electron chi connectivity index (χ4n) is 2.06. The summed E-state index contributed by atoms with van der Waals surface area (Å²) < 4.78 is 17.4. The van der Waals surface area contributed by atoms with Gasteiger partial charge in [0, 0.05) is 6.04 Å². The van der Waals surface area contributed by atoms with E-state index < -0.39 is 5.82 Å². The maximum atomic E-state index is 12.6. The molecule has 1 N–H and O–H groups in total. The van der Waals surface area contributed by atoms with Gasteiger partial charge in [0.25, 0.3) is 0 Å². The van der Waals surface area contributed by atoms with Gasteiger partial charge in [0.05, 0.1) is 12.7 Å². The van der Waals surface area contributed by atoms with Gasteiger partial charge in [-0.05, 0) is 58.2 Å². The molecular weight excluding hydrogens is 259 g/mol. The Morgan fingerprint density at radius 2 is 2.00 bits per heavy atom. The number of halogens is 1. The van der Waals surface area contributed by atoms with Crippen LogP contribution in [0.3, 0.4) is 0 Å². The predicted molar refractivity (Wildman–Crippen MR) is 77.9 cm³/mol. The van der Waals surface area contributed by atoms with Gasteiger partial charge in [0.15, 0.2) is 6.29 Å². The van der Waals surface area contributed by atoms with E-state index >= 15 is 0 Å². The number of hydrogen-bond donors (Lipinski definition) is 1. The van der Waals surface area contributed by atoms with Crippen molar-refractivity contribution in [2.24, 2.45) is 0 Å². The zero-order valence-electron chi connectivity index (χ0n) is 12.4. The van der Waals surface area contributed by atoms with Gasteiger partial charge in [-0.3, -0.25) is 4.79 Å². The second-order valence-electron chi connectivity index (χ2n) is 4.95. The van der Waals surface area contributed by atoms with Crippen LogP contribution >= 0.6 is 0 Å². The van der Waals surface area contributed by atoms with Crippen LogP contribution in [0.15, 0.2) is 18.2 Å². The van der Waals surface area contributed by atoms with Crippen LogP contribution in [0.5, 0.6) is 5.75 Å². The summed E-state index contributed by atoms with van der Waals surface area (Å²) in [4.78, 5) is 12.5. The lowest BCUT2D eigenvalue weighted by Crippen LogP contribution is -2.39. The monoisotopic (exact) mass is 282 g/mol. The van der Waals surface area contributed by atoms with Crippen molar-refractivity contribution >= 4 is 6.29 Å². The van der Waals surface area contributed by atoms with E-state index in [1.165, 1.54) is 51.2 Å². The third-order valence-corrected chi connectivity index (χ3v) is 3.37. The largest absolute Gasteiger partial charge is 0.497 e. The van der Waals surface area contributed by atoms with E-state index in [1.807, 2.05) is 0 Å². The molecule has 1 aromatic carbocycles. The molecule has 1 aromatic rings. The van der Waals surface area contributed by atoms with Crippen LogP contribution < -0.4 is 10.1 Å². The number of carbonyl (C=O) groups excluding carboxylic acids is 1. The molecule has 2 rings (SSSR count). The number of rotatable bonds is 3. The first kappa shape index (κ1) is 16.6. The topological polar surface area (TPSA) is 41.6 Å². The summed E-state index contributed by atoms with van der Waals surface area (Å²) in [6, 6.07) is 4.83. The van der Waals surface area contributed by atoms with E-state index in [2.05, 4.69) is 24.3 Å². The van der Waals surface area contributed by atoms with Gasteiger partial charge >= 0.3 is 0 Å². The summed E-state index contributed by atoms with van der Waals surface area (Å²) in [7, 11) is 5.79. The number of hydrogen-bond acceptors (Lipinski definition) is 4. The van der Waals surface area contributed by atoms with E-state index in [0.29, 0.717) is 12.0 Å². The van der Waals surface area contributed by atoms with Crippen LogP contribution in [-0.4, -0.2) is 51.5 Å². The van der Waals surface area contributed by atoms with Gasteiger partial charge in [-0.15, -0.1) is 0 Å². The molecule has 1 heterocycles. The Morgan fingerprint density at radius 3 is 2.45 bits per heavy atom. The van der Waals surface area contributed by atoms with Crippen molar-refractivity contribution in [3.8, 4) is 5.75 Å². The maximum absolute atomic E-state index is 12.6. The maximum Gasteiger partial charge on any atom is 0.153 e. The molecule has 1 fully saturated rings. The first-order chi connectivity index (χ1) is 9.58. The summed E-state index contributed by atoms with van der Waals surface area (Å²) in [6.07, 6.45) is 3.08. The molecule has 0 amide bonds. The van der Waals surface area contributed by atoms with Crippen molar-refractivity contribution in [1.82, 2.24) is 10.2 Å². The summed E-state index contributed by atoms with van der Waals surface area (Å²) >= 11 is 0. The number of carbonyl (C=O) groups is 1. The molecule has 1 aliphatic rings. The summed E-state index contributed by atoms with van der Waals surface area (Å²) in [5.41, 5.74) is 0.0179. The molecule has 5 heteroatoms. The quantitative estimate of drug-likeness (QED) is 0.860. The average Bonchev–Trinajstić information content (AvgIpc) is 2.49. The van der Waals surface area contributed by atoms with Crippen molar-refractivity contribution in [1.29, 1.82) is 0 Å². The Bertz CT molecular complexity index is 418. The number of methoxy groups -OCH3 is 1. The lowest BCUT2D eigenvalue weighted by Gasteiger charge is -2.28. The minimum absolute atomic E-state index is 0.0179. The fraction of sp³-hybridized carbons (Fsp3) is 0.533. The minimum Gasteiger partial charge on any atom is -0.497 e. The van der Waals surface area contributed by atoms with E-state index in [1.54, 1.807) is 0 Å². The molecule has 20 heavy (non-hydrogen) atoms. The Labute approximate surface area is 119 Å². The highest BCUT2D eigenvalue weighted by atomic mass is 19.1. The molecule has 1 saturated heterocycles. The van der Waals surface area contributed by atoms with Crippen molar-refractivity contribution < 1.29 is 13.9 Å². The first-order valence-corrected chi connectivity index (χ1v) is 6.74. The number of ether oxygens (including phenoxy) is 1. The molecule has 1 aliphatic heterocycles. The average molecular weight is 282 g/mol. The lowest BCUT2D eigenvalue weighted by atomic mass is 10.1. The van der Waals surface area contributed by atoms with Crippen molar-refractivity contribution in [3.63, 3.8) is 0 Å².